The minimum atomic E-state index is -0.672. The molecule has 0 bridgehead atoms. The van der Waals surface area contributed by atoms with Crippen molar-refractivity contribution in [3.63, 3.8) is 0 Å². The maximum Gasteiger partial charge on any atom is 0.323 e. The smallest absolute Gasteiger partial charge is 0.323 e. The molecule has 0 saturated heterocycles. The molecular weight excluding hydrogens is 476 g/mol. The van der Waals surface area contributed by atoms with Crippen LogP contribution >= 0.6 is 0 Å². The fourth-order valence-electron chi connectivity index (χ4n) is 4.18. The number of benzene rings is 3. The van der Waals surface area contributed by atoms with Crippen LogP contribution in [0.3, 0.4) is 0 Å². The number of urea groups is 1. The Balaban J connectivity index is 1.26. The molecule has 0 atom stereocenters. The molecule has 8 nitrogen and oxygen atoms in total. The number of hydrogen-bond donors (Lipinski definition) is 5. The molecule has 5 rings (SSSR count). The predicted molar refractivity (Wildman–Crippen MR) is 152 cm³/mol. The van der Waals surface area contributed by atoms with Gasteiger partial charge in [-0.15, -0.1) is 0 Å². The first kappa shape index (κ1) is 24.4. The van der Waals surface area contributed by atoms with E-state index in [1.54, 1.807) is 18.2 Å². The molecular formula is C30H26N6O2. The zero-order chi connectivity index (χ0) is 26.7. The van der Waals surface area contributed by atoms with Gasteiger partial charge in [-0.3, -0.25) is 4.79 Å². The van der Waals surface area contributed by atoms with Crippen LogP contribution in [0.5, 0.6) is 0 Å². The van der Waals surface area contributed by atoms with Crippen LogP contribution < -0.4 is 21.3 Å². The van der Waals surface area contributed by atoms with Crippen molar-refractivity contribution in [2.75, 3.05) is 21.3 Å². The highest BCUT2D eigenvalue weighted by atomic mass is 16.2. The van der Waals surface area contributed by atoms with Gasteiger partial charge in [-0.2, -0.15) is 0 Å². The van der Waals surface area contributed by atoms with Gasteiger partial charge in [0.25, 0.3) is 11.4 Å². The molecule has 8 heteroatoms. The van der Waals surface area contributed by atoms with Crippen molar-refractivity contribution in [3.8, 4) is 0 Å². The summed E-state index contributed by atoms with van der Waals surface area (Å²) in [6.45, 7) is 11.1. The Morgan fingerprint density at radius 3 is 2.34 bits per heavy atom. The molecule has 4 aromatic rings. The Hall–Kier alpha value is -5.29. The normalized spacial score (nSPS) is 13.4. The van der Waals surface area contributed by atoms with Crippen molar-refractivity contribution in [1.29, 1.82) is 0 Å². The zero-order valence-corrected chi connectivity index (χ0v) is 20.9. The Morgan fingerprint density at radius 1 is 0.895 bits per heavy atom. The van der Waals surface area contributed by atoms with E-state index in [1.165, 1.54) is 0 Å². The summed E-state index contributed by atoms with van der Waals surface area (Å²) in [6, 6.07) is 23.7. The minimum Gasteiger partial charge on any atom is -0.362 e. The van der Waals surface area contributed by atoms with Crippen molar-refractivity contribution >= 4 is 52.0 Å². The quantitative estimate of drug-likeness (QED) is 0.144. The number of anilines is 5. The lowest BCUT2D eigenvalue weighted by Crippen LogP contribution is -2.20. The highest BCUT2D eigenvalue weighted by Gasteiger charge is 2.26. The van der Waals surface area contributed by atoms with Crippen LogP contribution in [0.2, 0.25) is 0 Å². The fraction of sp³-hybridized carbons (Fsp3) is 0.100. The van der Waals surface area contributed by atoms with Gasteiger partial charge in [0.2, 0.25) is 0 Å². The molecule has 1 aliphatic heterocycles. The summed E-state index contributed by atoms with van der Waals surface area (Å²) in [4.78, 5) is 31.9. The van der Waals surface area contributed by atoms with E-state index in [4.69, 9.17) is 6.57 Å². The molecule has 0 fully saturated rings. The summed E-state index contributed by atoms with van der Waals surface area (Å²) in [5, 5.41) is 11.9. The highest BCUT2D eigenvalue weighted by Crippen LogP contribution is 2.36. The summed E-state index contributed by atoms with van der Waals surface area (Å²) in [7, 11) is 0. The molecule has 0 saturated carbocycles. The lowest BCUT2D eigenvalue weighted by Gasteiger charge is -2.14. The van der Waals surface area contributed by atoms with Gasteiger partial charge in [0.15, 0.2) is 0 Å². The van der Waals surface area contributed by atoms with Crippen molar-refractivity contribution < 1.29 is 9.59 Å². The molecule has 1 aromatic heterocycles. The van der Waals surface area contributed by atoms with Crippen molar-refractivity contribution in [2.45, 2.75) is 19.4 Å². The molecule has 1 aliphatic rings. The van der Waals surface area contributed by atoms with Gasteiger partial charge in [-0.05, 0) is 60.7 Å². The van der Waals surface area contributed by atoms with Crippen LogP contribution in [-0.2, 0) is 10.3 Å². The Bertz CT molecular complexity index is 1600. The van der Waals surface area contributed by atoms with Crippen molar-refractivity contribution in [1.82, 2.24) is 4.98 Å². The van der Waals surface area contributed by atoms with Gasteiger partial charge in [-0.1, -0.05) is 24.3 Å². The van der Waals surface area contributed by atoms with Crippen LogP contribution in [-0.4, -0.2) is 16.9 Å². The third-order valence-corrected chi connectivity index (χ3v) is 6.24. The lowest BCUT2D eigenvalue weighted by molar-refractivity contribution is -0.110. The first-order valence-electron chi connectivity index (χ1n) is 12.1. The third-order valence-electron chi connectivity index (χ3n) is 6.24. The van der Waals surface area contributed by atoms with Crippen LogP contribution in [0.1, 0.15) is 30.7 Å². The lowest BCUT2D eigenvalue weighted by atomic mass is 9.95. The van der Waals surface area contributed by atoms with Gasteiger partial charge in [0.05, 0.1) is 11.3 Å². The third kappa shape index (κ3) is 5.27. The Kier molecular flexibility index (Phi) is 6.42. The molecule has 0 unspecified atom stereocenters. The maximum absolute atomic E-state index is 12.6. The van der Waals surface area contributed by atoms with Gasteiger partial charge in [0.1, 0.15) is 0 Å². The Labute approximate surface area is 220 Å². The van der Waals surface area contributed by atoms with E-state index in [-0.39, 0.29) is 11.9 Å². The molecule has 3 aromatic carbocycles. The summed E-state index contributed by atoms with van der Waals surface area (Å²) >= 11 is 0. The van der Waals surface area contributed by atoms with Crippen LogP contribution in [0.25, 0.3) is 16.5 Å². The summed E-state index contributed by atoms with van der Waals surface area (Å²) in [5.74, 6) is -0.146. The number of aromatic amines is 1. The van der Waals surface area contributed by atoms with E-state index in [9.17, 15) is 9.59 Å². The SMILES string of the molecule is [C-]#[N+]C(C)(C)c1cccc(NC(=O)Nc2cccc(Nc3ccc4c(c3)NC(=O)/C4=C\c3ccc[nH]3)c2)c1. The van der Waals surface area contributed by atoms with E-state index in [1.807, 2.05) is 86.8 Å². The van der Waals surface area contributed by atoms with E-state index < -0.39 is 5.54 Å². The second-order valence-corrected chi connectivity index (χ2v) is 9.43. The number of hydrogen-bond acceptors (Lipinski definition) is 3. The number of carbonyl (C=O) groups excluding carboxylic acids is 2. The van der Waals surface area contributed by atoms with Crippen molar-refractivity contribution in [2.24, 2.45) is 0 Å². The summed E-state index contributed by atoms with van der Waals surface area (Å²) in [6.07, 6.45) is 3.64. The topological polar surface area (TPSA) is 102 Å². The van der Waals surface area contributed by atoms with Crippen LogP contribution in [0.15, 0.2) is 85.1 Å². The summed E-state index contributed by atoms with van der Waals surface area (Å²) < 4.78 is 0. The number of carbonyl (C=O) groups is 2. The predicted octanol–water partition coefficient (Wildman–Crippen LogP) is 7.05. The van der Waals surface area contributed by atoms with Gasteiger partial charge >= 0.3 is 6.03 Å². The molecule has 0 aliphatic carbocycles. The molecule has 3 amide bonds. The number of nitrogens with zero attached hydrogens (tertiary/aromatic N) is 1. The number of aromatic nitrogens is 1. The first-order valence-corrected chi connectivity index (χ1v) is 12.1. The molecule has 0 spiro atoms. The zero-order valence-electron chi connectivity index (χ0n) is 20.9. The van der Waals surface area contributed by atoms with E-state index >= 15 is 0 Å². The second-order valence-electron chi connectivity index (χ2n) is 9.43. The average molecular weight is 503 g/mol. The number of amides is 3. The van der Waals surface area contributed by atoms with Crippen LogP contribution in [0, 0.1) is 6.57 Å². The summed E-state index contributed by atoms with van der Waals surface area (Å²) in [5.41, 5.74) is 5.98. The van der Waals surface area contributed by atoms with Gasteiger partial charge < -0.3 is 31.1 Å². The molecule has 2 heterocycles. The van der Waals surface area contributed by atoms with E-state index in [0.717, 1.165) is 33.9 Å². The number of H-pyrrole nitrogens is 1. The number of fused-ring (bicyclic) bond motifs is 1. The monoisotopic (exact) mass is 502 g/mol. The standard InChI is InChI=1S/C30H26N6O2/c1-30(2,31-3)19-7-4-8-21(15-19)34-29(38)35-23-10-5-9-22(16-23)33-24-12-13-25-26(17-20-11-6-14-32-20)28(37)36-27(25)18-24/h4-18,32-33H,1-2H3,(H,36,37)(H2,34,35,38)/b26-17-. The highest BCUT2D eigenvalue weighted by molar-refractivity contribution is 6.35. The molecule has 188 valence electrons. The van der Waals surface area contributed by atoms with Gasteiger partial charge in [0, 0.05) is 59.6 Å². The second kappa shape index (κ2) is 9.99. The number of nitrogens with one attached hydrogen (secondary N) is 5. The molecule has 0 radical (unpaired) electrons. The van der Waals surface area contributed by atoms with Crippen molar-refractivity contribution in [3.05, 3.63) is 113 Å². The average Bonchev–Trinajstić information content (AvgIpc) is 3.52. The van der Waals surface area contributed by atoms with E-state index in [0.29, 0.717) is 16.9 Å². The first-order chi connectivity index (χ1) is 18.3. The van der Waals surface area contributed by atoms with E-state index in [2.05, 4.69) is 31.1 Å². The molecule has 5 N–H and O–H groups in total. The van der Waals surface area contributed by atoms with Gasteiger partial charge in [-0.25, -0.2) is 11.4 Å². The Morgan fingerprint density at radius 2 is 1.61 bits per heavy atom. The number of rotatable bonds is 6. The fourth-order valence-corrected chi connectivity index (χ4v) is 4.18. The molecule has 38 heavy (non-hydrogen) atoms. The minimum absolute atomic E-state index is 0.146. The van der Waals surface area contributed by atoms with Crippen LogP contribution in [0.4, 0.5) is 33.2 Å². The largest absolute Gasteiger partial charge is 0.362 e. The maximum atomic E-state index is 12.6.